The number of hydrogen-bond donors (Lipinski definition) is 2. The van der Waals surface area contributed by atoms with Crippen LogP contribution in [0.4, 0.5) is 5.69 Å². The lowest BCUT2D eigenvalue weighted by atomic mass is 10.1. The number of carbonyl (C=O) groups excluding carboxylic acids is 2. The molecule has 0 unspecified atom stereocenters. The van der Waals surface area contributed by atoms with Crippen molar-refractivity contribution in [1.29, 1.82) is 0 Å². The lowest BCUT2D eigenvalue weighted by Gasteiger charge is -2.07. The fourth-order valence-electron chi connectivity index (χ4n) is 2.21. The number of rotatable bonds is 5. The number of benzene rings is 1. The maximum absolute atomic E-state index is 12.3. The van der Waals surface area contributed by atoms with E-state index in [0.29, 0.717) is 5.56 Å². The summed E-state index contributed by atoms with van der Waals surface area (Å²) in [6.07, 6.45) is 4.47. The van der Waals surface area contributed by atoms with E-state index in [1.165, 1.54) is 17.8 Å². The van der Waals surface area contributed by atoms with Gasteiger partial charge in [-0.25, -0.2) is 0 Å². The third-order valence-electron chi connectivity index (χ3n) is 3.79. The fourth-order valence-corrected chi connectivity index (χ4v) is 2.21. The van der Waals surface area contributed by atoms with Crippen LogP contribution in [0.1, 0.15) is 46.2 Å². The van der Waals surface area contributed by atoms with Gasteiger partial charge in [0.2, 0.25) is 0 Å². The van der Waals surface area contributed by atoms with Crippen LogP contribution in [0.15, 0.2) is 42.6 Å². The molecule has 1 heterocycles. The summed E-state index contributed by atoms with van der Waals surface area (Å²) in [5.41, 5.74) is 2.63. The molecule has 1 aliphatic carbocycles. The molecular weight excluding hydrogens is 290 g/mol. The number of amides is 2. The predicted molar refractivity (Wildman–Crippen MR) is 88.5 cm³/mol. The van der Waals surface area contributed by atoms with Crippen LogP contribution in [0.3, 0.4) is 0 Å². The number of pyridine rings is 1. The lowest BCUT2D eigenvalue weighted by Crippen LogP contribution is -2.26. The van der Waals surface area contributed by atoms with Crippen LogP contribution in [0.2, 0.25) is 0 Å². The molecule has 0 saturated heterocycles. The van der Waals surface area contributed by atoms with E-state index in [0.717, 1.165) is 24.9 Å². The molecule has 2 N–H and O–H groups in total. The van der Waals surface area contributed by atoms with Crippen LogP contribution in [0, 0.1) is 0 Å². The molecule has 0 atom stereocenters. The average Bonchev–Trinajstić information content (AvgIpc) is 3.39. The highest BCUT2D eigenvalue weighted by molar-refractivity contribution is 6.05. The number of aryl methyl sites for hydroxylation is 1. The summed E-state index contributed by atoms with van der Waals surface area (Å²) >= 11 is 0. The zero-order valence-electron chi connectivity index (χ0n) is 13.0. The topological polar surface area (TPSA) is 71.1 Å². The van der Waals surface area contributed by atoms with Crippen molar-refractivity contribution in [2.45, 2.75) is 32.2 Å². The summed E-state index contributed by atoms with van der Waals surface area (Å²) in [6, 6.07) is 11.1. The van der Waals surface area contributed by atoms with Gasteiger partial charge in [0, 0.05) is 23.5 Å². The second-order valence-corrected chi connectivity index (χ2v) is 5.68. The van der Waals surface area contributed by atoms with Crippen LogP contribution < -0.4 is 10.6 Å². The zero-order chi connectivity index (χ0) is 16.2. The molecule has 0 bridgehead atoms. The van der Waals surface area contributed by atoms with Crippen LogP contribution in [0.5, 0.6) is 0 Å². The van der Waals surface area contributed by atoms with Gasteiger partial charge in [-0.2, -0.15) is 0 Å². The quantitative estimate of drug-likeness (QED) is 0.892. The second-order valence-electron chi connectivity index (χ2n) is 5.68. The Hall–Kier alpha value is -2.69. The molecule has 0 aliphatic heterocycles. The highest BCUT2D eigenvalue weighted by Crippen LogP contribution is 2.19. The number of carbonyl (C=O) groups is 2. The molecule has 5 heteroatoms. The third kappa shape index (κ3) is 3.94. The summed E-state index contributed by atoms with van der Waals surface area (Å²) in [5.74, 6) is -0.480. The number of aromatic nitrogens is 1. The molecule has 5 nitrogen and oxygen atoms in total. The molecule has 1 fully saturated rings. The van der Waals surface area contributed by atoms with Crippen LogP contribution in [-0.4, -0.2) is 22.8 Å². The molecule has 1 aliphatic rings. The number of nitrogens with one attached hydrogen (secondary N) is 2. The summed E-state index contributed by atoms with van der Waals surface area (Å²) in [5, 5.41) is 5.70. The lowest BCUT2D eigenvalue weighted by molar-refractivity contribution is 0.0946. The Kier molecular flexibility index (Phi) is 4.37. The number of nitrogens with zero attached hydrogens (tertiary/aromatic N) is 1. The highest BCUT2D eigenvalue weighted by Gasteiger charge is 2.24. The fraction of sp³-hybridized carbons (Fsp3) is 0.278. The molecule has 3 rings (SSSR count). The molecule has 23 heavy (non-hydrogen) atoms. The maximum Gasteiger partial charge on any atom is 0.270 e. The monoisotopic (exact) mass is 309 g/mol. The molecule has 0 spiro atoms. The van der Waals surface area contributed by atoms with E-state index in [2.05, 4.69) is 22.5 Å². The standard InChI is InChI=1S/C18H19N3O2/c1-2-12-3-5-14(6-4-12)20-17(22)13-9-10-19-16(11-13)18(23)21-15-7-8-15/h3-6,9-11,15H,2,7-8H2,1H3,(H,20,22)(H,21,23). The Labute approximate surface area is 135 Å². The molecule has 1 aromatic heterocycles. The molecule has 1 aromatic carbocycles. The normalized spacial score (nSPS) is 13.4. The molecule has 2 aromatic rings. The molecule has 2 amide bonds. The Balaban J connectivity index is 1.69. The van der Waals surface area contributed by atoms with Gasteiger partial charge in [-0.3, -0.25) is 14.6 Å². The van der Waals surface area contributed by atoms with Gasteiger partial charge < -0.3 is 10.6 Å². The Morgan fingerprint density at radius 3 is 2.52 bits per heavy atom. The van der Waals surface area contributed by atoms with Crippen molar-refractivity contribution < 1.29 is 9.59 Å². The van der Waals surface area contributed by atoms with Crippen molar-refractivity contribution in [3.8, 4) is 0 Å². The predicted octanol–water partition coefficient (Wildman–Crippen LogP) is 2.79. The van der Waals surface area contributed by atoms with Gasteiger partial charge in [0.15, 0.2) is 0 Å². The molecule has 1 saturated carbocycles. The Morgan fingerprint density at radius 1 is 1.13 bits per heavy atom. The smallest absolute Gasteiger partial charge is 0.270 e. The molecular formula is C18H19N3O2. The van der Waals surface area contributed by atoms with E-state index < -0.39 is 0 Å². The Morgan fingerprint density at radius 2 is 1.87 bits per heavy atom. The minimum absolute atomic E-state index is 0.227. The van der Waals surface area contributed by atoms with E-state index >= 15 is 0 Å². The highest BCUT2D eigenvalue weighted by atomic mass is 16.2. The second kappa shape index (κ2) is 6.60. The first-order valence-electron chi connectivity index (χ1n) is 7.83. The summed E-state index contributed by atoms with van der Waals surface area (Å²) < 4.78 is 0. The largest absolute Gasteiger partial charge is 0.348 e. The average molecular weight is 309 g/mol. The summed E-state index contributed by atoms with van der Waals surface area (Å²) in [4.78, 5) is 28.3. The van der Waals surface area contributed by atoms with Crippen molar-refractivity contribution >= 4 is 17.5 Å². The van der Waals surface area contributed by atoms with Crippen molar-refractivity contribution in [1.82, 2.24) is 10.3 Å². The first-order valence-corrected chi connectivity index (χ1v) is 7.83. The molecule has 118 valence electrons. The van der Waals surface area contributed by atoms with Gasteiger partial charge in [-0.05, 0) is 49.1 Å². The van der Waals surface area contributed by atoms with E-state index in [4.69, 9.17) is 0 Å². The van der Waals surface area contributed by atoms with Crippen LogP contribution in [0.25, 0.3) is 0 Å². The van der Waals surface area contributed by atoms with Crippen LogP contribution in [-0.2, 0) is 6.42 Å². The zero-order valence-corrected chi connectivity index (χ0v) is 13.0. The van der Waals surface area contributed by atoms with Crippen molar-refractivity contribution in [3.05, 3.63) is 59.4 Å². The van der Waals surface area contributed by atoms with Gasteiger partial charge in [0.05, 0.1) is 0 Å². The van der Waals surface area contributed by atoms with Gasteiger partial charge in [0.1, 0.15) is 5.69 Å². The van der Waals surface area contributed by atoms with Crippen LogP contribution >= 0.6 is 0 Å². The van der Waals surface area contributed by atoms with Gasteiger partial charge in [0.25, 0.3) is 11.8 Å². The number of hydrogen-bond acceptors (Lipinski definition) is 3. The maximum atomic E-state index is 12.3. The third-order valence-corrected chi connectivity index (χ3v) is 3.79. The molecule has 0 radical (unpaired) electrons. The van der Waals surface area contributed by atoms with E-state index in [9.17, 15) is 9.59 Å². The van der Waals surface area contributed by atoms with E-state index in [1.807, 2.05) is 24.3 Å². The van der Waals surface area contributed by atoms with Crippen molar-refractivity contribution in [2.24, 2.45) is 0 Å². The van der Waals surface area contributed by atoms with E-state index in [-0.39, 0.29) is 23.6 Å². The first-order chi connectivity index (χ1) is 11.2. The number of anilines is 1. The van der Waals surface area contributed by atoms with E-state index in [1.54, 1.807) is 6.07 Å². The van der Waals surface area contributed by atoms with Gasteiger partial charge in [-0.1, -0.05) is 19.1 Å². The summed E-state index contributed by atoms with van der Waals surface area (Å²) in [6.45, 7) is 2.08. The van der Waals surface area contributed by atoms with Gasteiger partial charge >= 0.3 is 0 Å². The van der Waals surface area contributed by atoms with Crippen molar-refractivity contribution in [2.75, 3.05) is 5.32 Å². The minimum Gasteiger partial charge on any atom is -0.348 e. The van der Waals surface area contributed by atoms with Gasteiger partial charge in [-0.15, -0.1) is 0 Å². The Bertz CT molecular complexity index is 721. The van der Waals surface area contributed by atoms with Crippen molar-refractivity contribution in [3.63, 3.8) is 0 Å². The first kappa shape index (κ1) is 15.2. The summed E-state index contributed by atoms with van der Waals surface area (Å²) in [7, 11) is 0. The minimum atomic E-state index is -0.253. The SMILES string of the molecule is CCc1ccc(NC(=O)c2ccnc(C(=O)NC3CC3)c2)cc1.